The molecule has 0 atom stereocenters. The number of nitrogens with zero attached hydrogens (tertiary/aromatic N) is 3. The highest BCUT2D eigenvalue weighted by Gasteiger charge is 2.09. The molecule has 0 fully saturated rings. The Hall–Kier alpha value is -3.03. The van der Waals surface area contributed by atoms with E-state index in [-0.39, 0.29) is 12.3 Å². The average molecular weight is 304 g/mol. The van der Waals surface area contributed by atoms with Crippen molar-refractivity contribution in [3.05, 3.63) is 54.1 Å². The molecule has 3 aromatic rings. The topological polar surface area (TPSA) is 69.0 Å². The third-order valence-corrected chi connectivity index (χ3v) is 2.79. The third kappa shape index (κ3) is 3.00. The quantitative estimate of drug-likeness (QED) is 0.797. The van der Waals surface area contributed by atoms with Crippen molar-refractivity contribution in [1.82, 2.24) is 15.2 Å². The lowest BCUT2D eigenvalue weighted by Crippen LogP contribution is -2.26. The van der Waals surface area contributed by atoms with Crippen LogP contribution in [0.3, 0.4) is 0 Å². The summed E-state index contributed by atoms with van der Waals surface area (Å²) >= 11 is 0. The molecule has 1 heterocycles. The van der Waals surface area contributed by atoms with Crippen molar-refractivity contribution in [2.45, 2.75) is 0 Å². The normalized spacial score (nSPS) is 10.6. The van der Waals surface area contributed by atoms with Crippen LogP contribution in [0.2, 0.25) is 0 Å². The number of hydrogen-bond donors (Lipinski definition) is 1. The minimum Gasteiger partial charge on any atom is -0.385 e. The largest absolute Gasteiger partial charge is 0.385 e. The van der Waals surface area contributed by atoms with Gasteiger partial charge in [-0.1, -0.05) is 17.0 Å². The molecule has 0 aliphatic rings. The number of nitrogens with one attached hydrogen (secondary N) is 1. The van der Waals surface area contributed by atoms with E-state index in [9.17, 15) is 13.6 Å². The Balaban J connectivity index is 1.65. The molecule has 22 heavy (non-hydrogen) atoms. The molecule has 0 saturated carbocycles. The zero-order valence-corrected chi connectivity index (χ0v) is 11.2. The van der Waals surface area contributed by atoms with Gasteiger partial charge in [-0.05, 0) is 29.5 Å². The molecule has 1 aromatic heterocycles. The van der Waals surface area contributed by atoms with E-state index >= 15 is 0 Å². The number of amides is 1. The van der Waals surface area contributed by atoms with Gasteiger partial charge in [-0.2, -0.15) is 0 Å². The lowest BCUT2D eigenvalue weighted by Gasteiger charge is -2.07. The van der Waals surface area contributed by atoms with Gasteiger partial charge in [-0.15, -0.1) is 5.10 Å². The number of carbonyl (C=O) groups excluding carboxylic acids is 1. The van der Waals surface area contributed by atoms with Gasteiger partial charge in [0.1, 0.15) is 22.7 Å². The van der Waals surface area contributed by atoms with Crippen LogP contribution in [-0.4, -0.2) is 27.7 Å². The highest BCUT2D eigenvalue weighted by atomic mass is 19.1. The molecule has 0 aliphatic heterocycles. The summed E-state index contributed by atoms with van der Waals surface area (Å²) in [6.07, 6.45) is 0. The Labute approximate surface area is 123 Å². The van der Waals surface area contributed by atoms with Crippen LogP contribution in [0.25, 0.3) is 11.0 Å². The number of halogens is 2. The molecule has 0 bridgehead atoms. The lowest BCUT2D eigenvalue weighted by molar-refractivity contribution is -0.121. The summed E-state index contributed by atoms with van der Waals surface area (Å²) in [6.45, 7) is -0.383. The van der Waals surface area contributed by atoms with Gasteiger partial charge >= 0.3 is 0 Å². The Morgan fingerprint density at radius 2 is 1.91 bits per heavy atom. The minimum absolute atomic E-state index is 0.00884. The fourth-order valence-corrected chi connectivity index (χ4v) is 1.89. The number of anilines is 1. The van der Waals surface area contributed by atoms with Gasteiger partial charge in [-0.25, -0.2) is 8.78 Å². The summed E-state index contributed by atoms with van der Waals surface area (Å²) in [4.78, 5) is 18.0. The summed E-state index contributed by atoms with van der Waals surface area (Å²) < 4.78 is 26.0. The zero-order chi connectivity index (χ0) is 15.5. The SMILES string of the molecule is O=C(COn1nnc2ccccc21)Nc1cc(F)cc(F)c1. The van der Waals surface area contributed by atoms with Crippen LogP contribution in [0.4, 0.5) is 14.5 Å². The Kier molecular flexibility index (Phi) is 3.65. The van der Waals surface area contributed by atoms with E-state index in [0.29, 0.717) is 17.1 Å². The molecule has 0 unspecified atom stereocenters. The predicted octanol–water partition coefficient (Wildman–Crippen LogP) is 1.78. The van der Waals surface area contributed by atoms with Crippen LogP contribution < -0.4 is 10.2 Å². The van der Waals surface area contributed by atoms with Gasteiger partial charge in [0.25, 0.3) is 5.91 Å². The molecule has 112 valence electrons. The van der Waals surface area contributed by atoms with Crippen molar-refractivity contribution in [1.29, 1.82) is 0 Å². The molecule has 0 spiro atoms. The maximum atomic E-state index is 13.0. The van der Waals surface area contributed by atoms with Gasteiger partial charge in [0.2, 0.25) is 0 Å². The highest BCUT2D eigenvalue weighted by molar-refractivity contribution is 5.91. The van der Waals surface area contributed by atoms with Gasteiger partial charge in [0, 0.05) is 11.8 Å². The standard InChI is InChI=1S/C14H10F2N4O2/c15-9-5-10(16)7-11(6-9)17-14(21)8-22-20-13-4-2-1-3-12(13)18-19-20/h1-7H,8H2,(H,17,21). The molecule has 0 saturated heterocycles. The van der Waals surface area contributed by atoms with E-state index in [4.69, 9.17) is 4.84 Å². The van der Waals surface area contributed by atoms with E-state index in [1.54, 1.807) is 24.3 Å². The average Bonchev–Trinajstić information content (AvgIpc) is 2.87. The first-order valence-corrected chi connectivity index (χ1v) is 6.31. The van der Waals surface area contributed by atoms with E-state index in [1.807, 2.05) is 0 Å². The van der Waals surface area contributed by atoms with Gasteiger partial charge in [-0.3, -0.25) is 4.79 Å². The Morgan fingerprint density at radius 3 is 2.68 bits per heavy atom. The van der Waals surface area contributed by atoms with Crippen LogP contribution in [0.1, 0.15) is 0 Å². The van der Waals surface area contributed by atoms with Crippen molar-refractivity contribution in [2.75, 3.05) is 11.9 Å². The van der Waals surface area contributed by atoms with Crippen molar-refractivity contribution in [3.63, 3.8) is 0 Å². The molecule has 2 aromatic carbocycles. The summed E-state index contributed by atoms with van der Waals surface area (Å²) in [5, 5.41) is 9.94. The molecule has 1 N–H and O–H groups in total. The Bertz CT molecular complexity index is 814. The molecule has 0 radical (unpaired) electrons. The van der Waals surface area contributed by atoms with E-state index in [2.05, 4.69) is 15.6 Å². The summed E-state index contributed by atoms with van der Waals surface area (Å²) in [7, 11) is 0. The van der Waals surface area contributed by atoms with Crippen LogP contribution in [0, 0.1) is 11.6 Å². The molecule has 0 aliphatic carbocycles. The van der Waals surface area contributed by atoms with E-state index in [1.165, 1.54) is 0 Å². The smallest absolute Gasteiger partial charge is 0.265 e. The van der Waals surface area contributed by atoms with Gasteiger partial charge in [0.05, 0.1) is 0 Å². The lowest BCUT2D eigenvalue weighted by atomic mass is 10.3. The molecular weight excluding hydrogens is 294 g/mol. The Morgan fingerprint density at radius 1 is 1.18 bits per heavy atom. The van der Waals surface area contributed by atoms with Crippen LogP contribution in [-0.2, 0) is 4.79 Å². The molecular formula is C14H10F2N4O2. The maximum absolute atomic E-state index is 13.0. The number of carbonyl (C=O) groups is 1. The van der Waals surface area contributed by atoms with E-state index < -0.39 is 17.5 Å². The molecule has 1 amide bonds. The second-order valence-corrected chi connectivity index (χ2v) is 4.43. The first kappa shape index (κ1) is 13.9. The highest BCUT2D eigenvalue weighted by Crippen LogP contribution is 2.12. The second-order valence-electron chi connectivity index (χ2n) is 4.43. The van der Waals surface area contributed by atoms with Gasteiger partial charge < -0.3 is 10.2 Å². The van der Waals surface area contributed by atoms with Crippen molar-refractivity contribution in [3.8, 4) is 0 Å². The summed E-state index contributed by atoms with van der Waals surface area (Å²) in [5.41, 5.74) is 1.23. The third-order valence-electron chi connectivity index (χ3n) is 2.79. The second kappa shape index (κ2) is 5.76. The number of fused-ring (bicyclic) bond motifs is 1. The fraction of sp³-hybridized carbons (Fsp3) is 0.0714. The molecule has 3 rings (SSSR count). The fourth-order valence-electron chi connectivity index (χ4n) is 1.89. The molecule has 8 heteroatoms. The maximum Gasteiger partial charge on any atom is 0.265 e. The van der Waals surface area contributed by atoms with E-state index in [0.717, 1.165) is 17.0 Å². The first-order valence-electron chi connectivity index (χ1n) is 6.31. The summed E-state index contributed by atoms with van der Waals surface area (Å²) in [6, 6.07) is 9.78. The monoisotopic (exact) mass is 304 g/mol. The predicted molar refractivity (Wildman–Crippen MR) is 74.0 cm³/mol. The van der Waals surface area contributed by atoms with Crippen molar-refractivity contribution >= 4 is 22.6 Å². The minimum atomic E-state index is -0.779. The van der Waals surface area contributed by atoms with Crippen LogP contribution in [0.5, 0.6) is 0 Å². The molecule has 6 nitrogen and oxygen atoms in total. The first-order chi connectivity index (χ1) is 10.6. The number of para-hydroxylation sites is 1. The zero-order valence-electron chi connectivity index (χ0n) is 11.2. The number of aromatic nitrogens is 3. The number of hydrogen-bond acceptors (Lipinski definition) is 4. The van der Waals surface area contributed by atoms with Crippen molar-refractivity contribution in [2.24, 2.45) is 0 Å². The summed E-state index contributed by atoms with van der Waals surface area (Å²) in [5.74, 6) is -2.14. The van der Waals surface area contributed by atoms with Crippen LogP contribution >= 0.6 is 0 Å². The van der Waals surface area contributed by atoms with Crippen LogP contribution in [0.15, 0.2) is 42.5 Å². The number of benzene rings is 2. The van der Waals surface area contributed by atoms with Crippen molar-refractivity contribution < 1.29 is 18.4 Å². The van der Waals surface area contributed by atoms with Gasteiger partial charge in [0.15, 0.2) is 6.61 Å². The number of rotatable bonds is 4.